The molecule has 0 atom stereocenters. The molecule has 1 aliphatic heterocycles. The molecule has 1 aliphatic rings. The predicted molar refractivity (Wildman–Crippen MR) is 105 cm³/mol. The standard InChI is InChI=1S/C17H27ClN4O3S/c1-3-26(24,25)20(2)9-5-8-19-17(23)22-12-10-21(11-13-22)16-7-4-6-15(18)14-16/h4,6-7,14H,3,5,8-13H2,1-2H3,(H,19,23). The number of rotatable bonds is 7. The smallest absolute Gasteiger partial charge is 0.317 e. The fourth-order valence-corrected chi connectivity index (χ4v) is 3.84. The summed E-state index contributed by atoms with van der Waals surface area (Å²) in [6.07, 6.45) is 0.587. The zero-order valence-electron chi connectivity index (χ0n) is 15.3. The summed E-state index contributed by atoms with van der Waals surface area (Å²) >= 11 is 6.03. The Morgan fingerprint density at radius 3 is 2.58 bits per heavy atom. The average Bonchev–Trinajstić information content (AvgIpc) is 2.65. The number of urea groups is 1. The highest BCUT2D eigenvalue weighted by atomic mass is 35.5. The zero-order chi connectivity index (χ0) is 19.2. The lowest BCUT2D eigenvalue weighted by Crippen LogP contribution is -2.52. The van der Waals surface area contributed by atoms with Crippen molar-refractivity contribution in [2.45, 2.75) is 13.3 Å². The van der Waals surface area contributed by atoms with Crippen LogP contribution in [0.4, 0.5) is 10.5 Å². The molecule has 1 aromatic carbocycles. The van der Waals surface area contributed by atoms with Crippen LogP contribution in [-0.2, 0) is 10.0 Å². The van der Waals surface area contributed by atoms with Crippen LogP contribution in [0.5, 0.6) is 0 Å². The Labute approximate surface area is 160 Å². The summed E-state index contributed by atoms with van der Waals surface area (Å²) in [4.78, 5) is 16.2. The summed E-state index contributed by atoms with van der Waals surface area (Å²) in [5.74, 6) is 0.0900. The van der Waals surface area contributed by atoms with Crippen molar-refractivity contribution in [3.05, 3.63) is 29.3 Å². The maximum atomic E-state index is 12.2. The van der Waals surface area contributed by atoms with Crippen LogP contribution in [0.2, 0.25) is 5.02 Å². The van der Waals surface area contributed by atoms with Crippen molar-refractivity contribution in [1.29, 1.82) is 0 Å². The van der Waals surface area contributed by atoms with Gasteiger partial charge >= 0.3 is 6.03 Å². The van der Waals surface area contributed by atoms with E-state index in [4.69, 9.17) is 11.6 Å². The van der Waals surface area contributed by atoms with Crippen LogP contribution in [0.1, 0.15) is 13.3 Å². The van der Waals surface area contributed by atoms with Gasteiger partial charge in [-0.3, -0.25) is 0 Å². The summed E-state index contributed by atoms with van der Waals surface area (Å²) in [6.45, 7) is 5.27. The van der Waals surface area contributed by atoms with Gasteiger partial charge in [-0.1, -0.05) is 17.7 Å². The Morgan fingerprint density at radius 2 is 1.96 bits per heavy atom. The first-order valence-corrected chi connectivity index (χ1v) is 10.8. The van der Waals surface area contributed by atoms with Gasteiger partial charge in [0.25, 0.3) is 0 Å². The van der Waals surface area contributed by atoms with Crippen LogP contribution in [0.3, 0.4) is 0 Å². The molecular weight excluding hydrogens is 376 g/mol. The lowest BCUT2D eigenvalue weighted by Gasteiger charge is -2.36. The molecule has 2 amide bonds. The van der Waals surface area contributed by atoms with E-state index in [-0.39, 0.29) is 11.8 Å². The second kappa shape index (κ2) is 9.43. The lowest BCUT2D eigenvalue weighted by atomic mass is 10.2. The fourth-order valence-electron chi connectivity index (χ4n) is 2.81. The van der Waals surface area contributed by atoms with Gasteiger partial charge in [-0.2, -0.15) is 0 Å². The summed E-state index contributed by atoms with van der Waals surface area (Å²) in [7, 11) is -1.59. The van der Waals surface area contributed by atoms with Crippen LogP contribution in [0.15, 0.2) is 24.3 Å². The molecule has 1 fully saturated rings. The summed E-state index contributed by atoms with van der Waals surface area (Å²) in [5, 5.41) is 3.57. The molecule has 0 saturated carbocycles. The Balaban J connectivity index is 1.70. The van der Waals surface area contributed by atoms with Gasteiger partial charge in [0, 0.05) is 57.0 Å². The molecule has 146 valence electrons. The molecular formula is C17H27ClN4O3S. The van der Waals surface area contributed by atoms with E-state index in [0.29, 0.717) is 37.6 Å². The van der Waals surface area contributed by atoms with E-state index in [0.717, 1.165) is 18.8 Å². The normalized spacial score (nSPS) is 15.4. The van der Waals surface area contributed by atoms with Gasteiger partial charge in [0.15, 0.2) is 0 Å². The third-order valence-corrected chi connectivity index (χ3v) is 6.60. The number of anilines is 1. The van der Waals surface area contributed by atoms with Crippen LogP contribution >= 0.6 is 11.6 Å². The summed E-state index contributed by atoms with van der Waals surface area (Å²) < 4.78 is 24.7. The Morgan fingerprint density at radius 1 is 1.27 bits per heavy atom. The second-order valence-electron chi connectivity index (χ2n) is 6.26. The molecule has 2 rings (SSSR count). The van der Waals surface area contributed by atoms with Gasteiger partial charge in [-0.25, -0.2) is 17.5 Å². The molecule has 0 aromatic heterocycles. The highest BCUT2D eigenvalue weighted by Crippen LogP contribution is 2.20. The van der Waals surface area contributed by atoms with Crippen molar-refractivity contribution in [3.63, 3.8) is 0 Å². The van der Waals surface area contributed by atoms with E-state index in [2.05, 4.69) is 10.2 Å². The van der Waals surface area contributed by atoms with Crippen molar-refractivity contribution in [2.75, 3.05) is 57.0 Å². The van der Waals surface area contributed by atoms with E-state index < -0.39 is 10.0 Å². The molecule has 1 heterocycles. The molecule has 9 heteroatoms. The molecule has 1 N–H and O–H groups in total. The number of nitrogens with one attached hydrogen (secondary N) is 1. The van der Waals surface area contributed by atoms with Crippen LogP contribution in [0.25, 0.3) is 0 Å². The minimum absolute atomic E-state index is 0.0900. The maximum Gasteiger partial charge on any atom is 0.317 e. The first-order chi connectivity index (χ1) is 12.3. The number of hydrogen-bond acceptors (Lipinski definition) is 4. The van der Waals surface area contributed by atoms with Crippen molar-refractivity contribution < 1.29 is 13.2 Å². The van der Waals surface area contributed by atoms with Gasteiger partial charge in [0.2, 0.25) is 10.0 Å². The predicted octanol–water partition coefficient (Wildman–Crippen LogP) is 1.84. The molecule has 7 nitrogen and oxygen atoms in total. The molecule has 0 bridgehead atoms. The van der Waals surface area contributed by atoms with Crippen molar-refractivity contribution >= 4 is 33.3 Å². The molecule has 0 spiro atoms. The molecule has 0 aliphatic carbocycles. The Kier molecular flexibility index (Phi) is 7.55. The monoisotopic (exact) mass is 402 g/mol. The van der Waals surface area contributed by atoms with E-state index in [1.54, 1.807) is 18.9 Å². The maximum absolute atomic E-state index is 12.2. The van der Waals surface area contributed by atoms with E-state index in [9.17, 15) is 13.2 Å². The topological polar surface area (TPSA) is 73.0 Å². The number of piperazine rings is 1. The molecule has 1 aromatic rings. The first kappa shape index (κ1) is 20.8. The van der Waals surface area contributed by atoms with Crippen LogP contribution in [-0.4, -0.2) is 75.7 Å². The van der Waals surface area contributed by atoms with Gasteiger partial charge < -0.3 is 15.1 Å². The minimum Gasteiger partial charge on any atom is -0.368 e. The molecule has 26 heavy (non-hydrogen) atoms. The average molecular weight is 403 g/mol. The van der Waals surface area contributed by atoms with E-state index in [1.807, 2.05) is 24.3 Å². The summed E-state index contributed by atoms with van der Waals surface area (Å²) in [5.41, 5.74) is 1.07. The number of carbonyl (C=O) groups excluding carboxylic acids is 1. The van der Waals surface area contributed by atoms with Crippen LogP contribution in [0, 0.1) is 0 Å². The van der Waals surface area contributed by atoms with E-state index in [1.165, 1.54) is 4.31 Å². The number of benzene rings is 1. The third kappa shape index (κ3) is 5.75. The van der Waals surface area contributed by atoms with Crippen molar-refractivity contribution in [1.82, 2.24) is 14.5 Å². The second-order valence-corrected chi connectivity index (χ2v) is 9.06. The largest absolute Gasteiger partial charge is 0.368 e. The highest BCUT2D eigenvalue weighted by Gasteiger charge is 2.21. The number of carbonyl (C=O) groups is 1. The van der Waals surface area contributed by atoms with Gasteiger partial charge in [0.05, 0.1) is 5.75 Å². The van der Waals surface area contributed by atoms with Gasteiger partial charge in [-0.05, 0) is 31.5 Å². The SMILES string of the molecule is CCS(=O)(=O)N(C)CCCNC(=O)N1CCN(c2cccc(Cl)c2)CC1. The van der Waals surface area contributed by atoms with E-state index >= 15 is 0 Å². The minimum atomic E-state index is -3.16. The number of halogens is 1. The number of sulfonamides is 1. The van der Waals surface area contributed by atoms with Gasteiger partial charge in [0.1, 0.15) is 0 Å². The molecule has 0 unspecified atom stereocenters. The highest BCUT2D eigenvalue weighted by molar-refractivity contribution is 7.89. The zero-order valence-corrected chi connectivity index (χ0v) is 16.9. The van der Waals surface area contributed by atoms with Gasteiger partial charge in [-0.15, -0.1) is 0 Å². The van der Waals surface area contributed by atoms with Crippen LogP contribution < -0.4 is 10.2 Å². The quantitative estimate of drug-likeness (QED) is 0.706. The summed E-state index contributed by atoms with van der Waals surface area (Å²) in [6, 6.07) is 7.61. The molecule has 0 radical (unpaired) electrons. The lowest BCUT2D eigenvalue weighted by molar-refractivity contribution is 0.194. The third-order valence-electron chi connectivity index (χ3n) is 4.51. The van der Waals surface area contributed by atoms with Crippen molar-refractivity contribution in [2.24, 2.45) is 0 Å². The van der Waals surface area contributed by atoms with Crippen molar-refractivity contribution in [3.8, 4) is 0 Å². The fraction of sp³-hybridized carbons (Fsp3) is 0.588. The Bertz CT molecular complexity index is 706. The molecule has 1 saturated heterocycles. The number of hydrogen-bond donors (Lipinski definition) is 1. The number of amides is 2. The Hall–Kier alpha value is -1.51. The first-order valence-electron chi connectivity index (χ1n) is 8.81. The number of nitrogens with zero attached hydrogens (tertiary/aromatic N) is 3.